The van der Waals surface area contributed by atoms with Gasteiger partial charge in [-0.05, 0) is 25.7 Å². The second kappa shape index (κ2) is 9.47. The Balaban J connectivity index is 0.00000280. The Labute approximate surface area is 172 Å². The fraction of sp³-hybridized carbons (Fsp3) is 0.600. The normalized spacial score (nSPS) is 21.3. The maximum atomic E-state index is 12.9. The molecule has 2 heterocycles. The van der Waals surface area contributed by atoms with Crippen LogP contribution in [0.5, 0.6) is 11.5 Å². The number of benzene rings is 1. The van der Waals surface area contributed by atoms with Crippen LogP contribution in [0.15, 0.2) is 18.2 Å². The predicted octanol–water partition coefficient (Wildman–Crippen LogP) is 2.06. The number of nitrogens with zero attached hydrogens (tertiary/aromatic N) is 2. The first kappa shape index (κ1) is 22.3. The van der Waals surface area contributed by atoms with E-state index in [9.17, 15) is 9.59 Å². The number of amides is 2. The van der Waals surface area contributed by atoms with Crippen molar-refractivity contribution in [3.05, 3.63) is 18.2 Å². The molecule has 0 saturated carbocycles. The fourth-order valence-electron chi connectivity index (χ4n) is 3.97. The highest BCUT2D eigenvalue weighted by Gasteiger charge is 2.38. The maximum absolute atomic E-state index is 12.9. The first-order chi connectivity index (χ1) is 12.9. The molecule has 0 spiro atoms. The van der Waals surface area contributed by atoms with Crippen molar-refractivity contribution < 1.29 is 19.1 Å². The first-order valence-electron chi connectivity index (χ1n) is 9.50. The van der Waals surface area contributed by atoms with E-state index in [1.54, 1.807) is 37.3 Å². The summed E-state index contributed by atoms with van der Waals surface area (Å²) in [6, 6.07) is 5.51. The van der Waals surface area contributed by atoms with Crippen molar-refractivity contribution in [1.29, 1.82) is 0 Å². The summed E-state index contributed by atoms with van der Waals surface area (Å²) in [6.07, 6.45) is 2.10. The molecular formula is C20H30ClN3O4. The summed E-state index contributed by atoms with van der Waals surface area (Å²) in [5.74, 6) is 1.43. The average molecular weight is 412 g/mol. The highest BCUT2D eigenvalue weighted by atomic mass is 35.5. The van der Waals surface area contributed by atoms with Crippen LogP contribution in [0.3, 0.4) is 0 Å². The number of anilines is 1. The van der Waals surface area contributed by atoms with Crippen molar-refractivity contribution in [2.45, 2.75) is 32.2 Å². The molecule has 2 saturated heterocycles. The van der Waals surface area contributed by atoms with E-state index in [4.69, 9.17) is 15.2 Å². The molecule has 0 bridgehead atoms. The number of likely N-dealkylation sites (tertiary alicyclic amines) is 1. The van der Waals surface area contributed by atoms with Gasteiger partial charge in [0.1, 0.15) is 11.5 Å². The van der Waals surface area contributed by atoms with Crippen molar-refractivity contribution >= 4 is 29.9 Å². The third-order valence-corrected chi connectivity index (χ3v) is 5.72. The topological polar surface area (TPSA) is 85.1 Å². The van der Waals surface area contributed by atoms with Crippen LogP contribution in [0, 0.1) is 11.8 Å². The van der Waals surface area contributed by atoms with E-state index in [0.717, 1.165) is 25.9 Å². The SMILES string of the molecule is COc1cc(OC)cc(N2CC(C(=O)N3CCC(C(C)N)CC3)CC2=O)c1.Cl. The molecule has 3 rings (SSSR count). The van der Waals surface area contributed by atoms with Crippen molar-refractivity contribution in [3.63, 3.8) is 0 Å². The molecule has 2 fully saturated rings. The van der Waals surface area contributed by atoms with Gasteiger partial charge in [-0.2, -0.15) is 0 Å². The first-order valence-corrected chi connectivity index (χ1v) is 9.50. The molecule has 2 atom stereocenters. The molecule has 8 heteroatoms. The summed E-state index contributed by atoms with van der Waals surface area (Å²) in [5.41, 5.74) is 6.68. The molecule has 1 aromatic carbocycles. The second-order valence-electron chi connectivity index (χ2n) is 7.50. The van der Waals surface area contributed by atoms with E-state index in [0.29, 0.717) is 29.6 Å². The van der Waals surface area contributed by atoms with Crippen molar-refractivity contribution in [1.82, 2.24) is 4.90 Å². The maximum Gasteiger partial charge on any atom is 0.228 e. The van der Waals surface area contributed by atoms with Gasteiger partial charge in [0, 0.05) is 50.3 Å². The molecule has 0 aliphatic carbocycles. The lowest BCUT2D eigenvalue weighted by Crippen LogP contribution is -2.45. The molecule has 156 valence electrons. The molecule has 1 aromatic rings. The predicted molar refractivity (Wildman–Crippen MR) is 110 cm³/mol. The van der Waals surface area contributed by atoms with E-state index >= 15 is 0 Å². The van der Waals surface area contributed by atoms with Crippen LogP contribution in [-0.4, -0.2) is 56.6 Å². The monoisotopic (exact) mass is 411 g/mol. The van der Waals surface area contributed by atoms with Gasteiger partial charge in [0.05, 0.1) is 25.8 Å². The Morgan fingerprint density at radius 2 is 1.71 bits per heavy atom. The van der Waals surface area contributed by atoms with Gasteiger partial charge in [-0.1, -0.05) is 0 Å². The van der Waals surface area contributed by atoms with Crippen LogP contribution in [0.4, 0.5) is 5.69 Å². The van der Waals surface area contributed by atoms with Crippen LogP contribution in [-0.2, 0) is 9.59 Å². The largest absolute Gasteiger partial charge is 0.497 e. The minimum absolute atomic E-state index is 0. The average Bonchev–Trinajstić information content (AvgIpc) is 3.08. The number of hydrogen-bond donors (Lipinski definition) is 1. The Kier molecular flexibility index (Phi) is 7.55. The number of hydrogen-bond acceptors (Lipinski definition) is 5. The van der Waals surface area contributed by atoms with Gasteiger partial charge in [0.15, 0.2) is 0 Å². The van der Waals surface area contributed by atoms with Crippen molar-refractivity contribution in [2.24, 2.45) is 17.6 Å². The van der Waals surface area contributed by atoms with Gasteiger partial charge in [-0.15, -0.1) is 12.4 Å². The van der Waals surface area contributed by atoms with Gasteiger partial charge in [-0.3, -0.25) is 9.59 Å². The van der Waals surface area contributed by atoms with Gasteiger partial charge >= 0.3 is 0 Å². The number of ether oxygens (including phenoxy) is 2. The fourth-order valence-corrected chi connectivity index (χ4v) is 3.97. The summed E-state index contributed by atoms with van der Waals surface area (Å²) in [7, 11) is 3.14. The summed E-state index contributed by atoms with van der Waals surface area (Å²) in [4.78, 5) is 29.0. The Hall–Kier alpha value is -1.99. The number of nitrogens with two attached hydrogens (primary N) is 1. The molecule has 2 N–H and O–H groups in total. The third kappa shape index (κ3) is 4.70. The minimum Gasteiger partial charge on any atom is -0.497 e. The minimum atomic E-state index is -0.304. The summed E-state index contributed by atoms with van der Waals surface area (Å²) in [5, 5.41) is 0. The van der Waals surface area contributed by atoms with Crippen LogP contribution < -0.4 is 20.1 Å². The second-order valence-corrected chi connectivity index (χ2v) is 7.50. The number of carbonyl (C=O) groups is 2. The smallest absolute Gasteiger partial charge is 0.228 e. The molecule has 2 aliphatic heterocycles. The van der Waals surface area contributed by atoms with E-state index in [-0.39, 0.29) is 42.6 Å². The molecule has 0 radical (unpaired) electrons. The van der Waals surface area contributed by atoms with Crippen LogP contribution in [0.25, 0.3) is 0 Å². The molecule has 28 heavy (non-hydrogen) atoms. The zero-order valence-electron chi connectivity index (χ0n) is 16.7. The highest BCUT2D eigenvalue weighted by Crippen LogP contribution is 2.33. The molecule has 0 aromatic heterocycles. The van der Waals surface area contributed by atoms with E-state index < -0.39 is 0 Å². The zero-order valence-corrected chi connectivity index (χ0v) is 17.5. The quantitative estimate of drug-likeness (QED) is 0.801. The number of carbonyl (C=O) groups excluding carboxylic acids is 2. The number of piperidine rings is 1. The zero-order chi connectivity index (χ0) is 19.6. The standard InChI is InChI=1S/C20H29N3O4.ClH/c1-13(21)14-4-6-22(7-5-14)20(25)15-8-19(24)23(12-15)16-9-17(26-2)11-18(10-16)27-3;/h9-11,13-15H,4-8,12,21H2,1-3H3;1H. The highest BCUT2D eigenvalue weighted by molar-refractivity contribution is 6.00. The number of rotatable bonds is 5. The lowest BCUT2D eigenvalue weighted by atomic mass is 9.90. The summed E-state index contributed by atoms with van der Waals surface area (Å²) < 4.78 is 10.6. The van der Waals surface area contributed by atoms with Crippen molar-refractivity contribution in [3.8, 4) is 11.5 Å². The molecule has 2 amide bonds. The Morgan fingerprint density at radius 1 is 1.14 bits per heavy atom. The summed E-state index contributed by atoms with van der Waals surface area (Å²) in [6.45, 7) is 3.87. The van der Waals surface area contributed by atoms with Crippen LogP contribution >= 0.6 is 12.4 Å². The lowest BCUT2D eigenvalue weighted by Gasteiger charge is -2.35. The molecule has 2 unspecified atom stereocenters. The van der Waals surface area contributed by atoms with Gasteiger partial charge in [0.25, 0.3) is 0 Å². The van der Waals surface area contributed by atoms with Gasteiger partial charge in [-0.25, -0.2) is 0 Å². The third-order valence-electron chi connectivity index (χ3n) is 5.72. The molecule has 2 aliphatic rings. The van der Waals surface area contributed by atoms with Gasteiger partial charge < -0.3 is 25.0 Å². The lowest BCUT2D eigenvalue weighted by molar-refractivity contribution is -0.137. The molecular weight excluding hydrogens is 382 g/mol. The van der Waals surface area contributed by atoms with Crippen molar-refractivity contribution in [2.75, 3.05) is 38.8 Å². The Bertz CT molecular complexity index is 682. The Morgan fingerprint density at radius 3 is 2.21 bits per heavy atom. The van der Waals surface area contributed by atoms with E-state index in [1.165, 1.54) is 0 Å². The van der Waals surface area contributed by atoms with E-state index in [2.05, 4.69) is 0 Å². The van der Waals surface area contributed by atoms with Crippen LogP contribution in [0.2, 0.25) is 0 Å². The molecule has 7 nitrogen and oxygen atoms in total. The number of methoxy groups -OCH3 is 2. The summed E-state index contributed by atoms with van der Waals surface area (Å²) >= 11 is 0. The number of halogens is 1. The van der Waals surface area contributed by atoms with E-state index in [1.807, 2.05) is 11.8 Å². The van der Waals surface area contributed by atoms with Crippen LogP contribution in [0.1, 0.15) is 26.2 Å². The van der Waals surface area contributed by atoms with Gasteiger partial charge in [0.2, 0.25) is 11.8 Å².